The maximum atomic E-state index is 12.5. The molecule has 0 spiro atoms. The molecule has 146 valence electrons. The number of furan rings is 1. The SMILES string of the molecule is COc1ccc(-c2csc(NC(=O)[C@@H](CC(=O)O)NCc3ccco3)n2)cc1. The Bertz CT molecular complexity index is 921. The Balaban J connectivity index is 1.65. The summed E-state index contributed by atoms with van der Waals surface area (Å²) < 4.78 is 10.3. The third kappa shape index (κ3) is 5.18. The van der Waals surface area contributed by atoms with E-state index in [1.807, 2.05) is 29.6 Å². The van der Waals surface area contributed by atoms with Gasteiger partial charge in [-0.05, 0) is 36.4 Å². The Morgan fingerprint density at radius 2 is 2.07 bits per heavy atom. The molecule has 3 aromatic rings. The molecule has 0 fully saturated rings. The van der Waals surface area contributed by atoms with E-state index in [0.29, 0.717) is 16.6 Å². The highest BCUT2D eigenvalue weighted by atomic mass is 32.1. The molecule has 0 radical (unpaired) electrons. The van der Waals surface area contributed by atoms with Gasteiger partial charge in [0.2, 0.25) is 5.91 Å². The molecule has 2 aromatic heterocycles. The van der Waals surface area contributed by atoms with E-state index in [2.05, 4.69) is 15.6 Å². The summed E-state index contributed by atoms with van der Waals surface area (Å²) in [4.78, 5) is 28.0. The van der Waals surface area contributed by atoms with Gasteiger partial charge in [0.15, 0.2) is 5.13 Å². The van der Waals surface area contributed by atoms with Gasteiger partial charge in [0.05, 0.1) is 38.1 Å². The Morgan fingerprint density at radius 3 is 2.71 bits per heavy atom. The van der Waals surface area contributed by atoms with E-state index in [1.165, 1.54) is 17.6 Å². The van der Waals surface area contributed by atoms with Crippen LogP contribution < -0.4 is 15.4 Å². The van der Waals surface area contributed by atoms with Crippen molar-refractivity contribution in [2.45, 2.75) is 19.0 Å². The zero-order valence-corrected chi connectivity index (χ0v) is 15.9. The number of thiazole rings is 1. The zero-order chi connectivity index (χ0) is 19.9. The zero-order valence-electron chi connectivity index (χ0n) is 15.0. The van der Waals surface area contributed by atoms with Crippen molar-refractivity contribution in [3.8, 4) is 17.0 Å². The van der Waals surface area contributed by atoms with Crippen LogP contribution in [0.2, 0.25) is 0 Å². The summed E-state index contributed by atoms with van der Waals surface area (Å²) in [6.45, 7) is 0.243. The Labute approximate surface area is 165 Å². The predicted octanol–water partition coefficient (Wildman–Crippen LogP) is 2.98. The van der Waals surface area contributed by atoms with Crippen molar-refractivity contribution < 1.29 is 23.8 Å². The number of ether oxygens (including phenoxy) is 1. The van der Waals surface area contributed by atoms with Gasteiger partial charge in [0.25, 0.3) is 0 Å². The normalized spacial score (nSPS) is 11.8. The van der Waals surface area contributed by atoms with Crippen LogP contribution in [0.4, 0.5) is 5.13 Å². The maximum absolute atomic E-state index is 12.5. The molecular formula is C19H19N3O5S. The van der Waals surface area contributed by atoms with Gasteiger partial charge in [0, 0.05) is 10.9 Å². The van der Waals surface area contributed by atoms with Crippen LogP contribution in [0.3, 0.4) is 0 Å². The number of nitrogens with one attached hydrogen (secondary N) is 2. The number of rotatable bonds is 9. The van der Waals surface area contributed by atoms with Gasteiger partial charge in [-0.1, -0.05) is 0 Å². The van der Waals surface area contributed by atoms with Crippen LogP contribution in [0.5, 0.6) is 5.75 Å². The van der Waals surface area contributed by atoms with Gasteiger partial charge >= 0.3 is 5.97 Å². The molecule has 28 heavy (non-hydrogen) atoms. The van der Waals surface area contributed by atoms with Crippen LogP contribution >= 0.6 is 11.3 Å². The molecule has 0 unspecified atom stereocenters. The van der Waals surface area contributed by atoms with Crippen molar-refractivity contribution in [1.29, 1.82) is 0 Å². The fourth-order valence-corrected chi connectivity index (χ4v) is 3.21. The number of aliphatic carboxylic acids is 1. The molecule has 0 aliphatic carbocycles. The molecular weight excluding hydrogens is 382 g/mol. The first-order valence-corrected chi connectivity index (χ1v) is 9.31. The topological polar surface area (TPSA) is 114 Å². The first kappa shape index (κ1) is 19.6. The van der Waals surface area contributed by atoms with Crippen molar-refractivity contribution in [3.05, 3.63) is 53.8 Å². The van der Waals surface area contributed by atoms with Gasteiger partial charge in [-0.3, -0.25) is 14.9 Å². The average molecular weight is 401 g/mol. The third-order valence-electron chi connectivity index (χ3n) is 3.92. The average Bonchev–Trinajstić information content (AvgIpc) is 3.37. The summed E-state index contributed by atoms with van der Waals surface area (Å²) in [5.74, 6) is -0.194. The second-order valence-corrected chi connectivity index (χ2v) is 6.72. The summed E-state index contributed by atoms with van der Waals surface area (Å²) in [6, 6.07) is 9.94. The van der Waals surface area contributed by atoms with Gasteiger partial charge in [-0.2, -0.15) is 0 Å². The fourth-order valence-electron chi connectivity index (χ4n) is 2.49. The van der Waals surface area contributed by atoms with Crippen LogP contribution in [-0.2, 0) is 16.1 Å². The van der Waals surface area contributed by atoms with Crippen LogP contribution in [0.15, 0.2) is 52.5 Å². The van der Waals surface area contributed by atoms with Gasteiger partial charge in [0.1, 0.15) is 11.5 Å². The molecule has 0 aliphatic rings. The molecule has 3 rings (SSSR count). The molecule has 0 saturated carbocycles. The summed E-state index contributed by atoms with van der Waals surface area (Å²) in [5.41, 5.74) is 1.59. The number of aromatic nitrogens is 1. The molecule has 8 nitrogen and oxygen atoms in total. The largest absolute Gasteiger partial charge is 0.497 e. The monoisotopic (exact) mass is 401 g/mol. The number of amides is 1. The minimum atomic E-state index is -1.08. The molecule has 3 N–H and O–H groups in total. The van der Waals surface area contributed by atoms with E-state index in [-0.39, 0.29) is 13.0 Å². The molecule has 1 amide bonds. The number of methoxy groups -OCH3 is 1. The molecule has 2 heterocycles. The second-order valence-electron chi connectivity index (χ2n) is 5.87. The number of nitrogens with zero attached hydrogens (tertiary/aromatic N) is 1. The van der Waals surface area contributed by atoms with Crippen LogP contribution in [0.1, 0.15) is 12.2 Å². The van der Waals surface area contributed by atoms with Crippen LogP contribution in [0, 0.1) is 0 Å². The highest BCUT2D eigenvalue weighted by Crippen LogP contribution is 2.26. The predicted molar refractivity (Wildman–Crippen MR) is 104 cm³/mol. The highest BCUT2D eigenvalue weighted by Gasteiger charge is 2.22. The number of carbonyl (C=O) groups is 2. The smallest absolute Gasteiger partial charge is 0.305 e. The lowest BCUT2D eigenvalue weighted by Crippen LogP contribution is -2.41. The lowest BCUT2D eigenvalue weighted by atomic mass is 10.2. The Kier molecular flexibility index (Phi) is 6.41. The van der Waals surface area contributed by atoms with E-state index < -0.39 is 17.9 Å². The van der Waals surface area contributed by atoms with E-state index in [0.717, 1.165) is 11.3 Å². The lowest BCUT2D eigenvalue weighted by molar-refractivity contribution is -0.139. The Morgan fingerprint density at radius 1 is 1.29 bits per heavy atom. The molecule has 0 aliphatic heterocycles. The van der Waals surface area contributed by atoms with E-state index >= 15 is 0 Å². The standard InChI is InChI=1S/C19H19N3O5S/c1-26-13-6-4-12(5-7-13)16-11-28-19(21-16)22-18(25)15(9-17(23)24)20-10-14-3-2-8-27-14/h2-8,11,15,20H,9-10H2,1H3,(H,23,24)(H,21,22,25)/t15-/m1/s1. The number of anilines is 1. The quantitative estimate of drug-likeness (QED) is 0.505. The van der Waals surface area contributed by atoms with Crippen LogP contribution in [0.25, 0.3) is 11.3 Å². The Hall–Kier alpha value is -3.17. The minimum Gasteiger partial charge on any atom is -0.497 e. The van der Waals surface area contributed by atoms with Gasteiger partial charge in [-0.15, -0.1) is 11.3 Å². The van der Waals surface area contributed by atoms with Crippen molar-refractivity contribution in [1.82, 2.24) is 10.3 Å². The van der Waals surface area contributed by atoms with Crippen molar-refractivity contribution in [2.24, 2.45) is 0 Å². The van der Waals surface area contributed by atoms with E-state index in [9.17, 15) is 9.59 Å². The molecule has 1 atom stereocenters. The first-order valence-electron chi connectivity index (χ1n) is 8.43. The second kappa shape index (κ2) is 9.16. The summed E-state index contributed by atoms with van der Waals surface area (Å²) >= 11 is 1.27. The number of carbonyl (C=O) groups excluding carboxylic acids is 1. The third-order valence-corrected chi connectivity index (χ3v) is 4.68. The summed E-state index contributed by atoms with van der Waals surface area (Å²) in [5, 5.41) is 16.9. The summed E-state index contributed by atoms with van der Waals surface area (Å²) in [7, 11) is 1.60. The minimum absolute atomic E-state index is 0.243. The number of hydrogen-bond acceptors (Lipinski definition) is 7. The number of hydrogen-bond donors (Lipinski definition) is 3. The maximum Gasteiger partial charge on any atom is 0.305 e. The van der Waals surface area contributed by atoms with Crippen molar-refractivity contribution >= 4 is 28.3 Å². The first-order chi connectivity index (χ1) is 13.5. The fraction of sp³-hybridized carbons (Fsp3) is 0.211. The van der Waals surface area contributed by atoms with Crippen molar-refractivity contribution in [2.75, 3.05) is 12.4 Å². The van der Waals surface area contributed by atoms with Crippen molar-refractivity contribution in [3.63, 3.8) is 0 Å². The number of benzene rings is 1. The van der Waals surface area contributed by atoms with Gasteiger partial charge < -0.3 is 19.6 Å². The summed E-state index contributed by atoms with van der Waals surface area (Å²) in [6.07, 6.45) is 1.16. The highest BCUT2D eigenvalue weighted by molar-refractivity contribution is 7.14. The molecule has 0 saturated heterocycles. The number of carboxylic acids is 1. The van der Waals surface area contributed by atoms with E-state index in [4.69, 9.17) is 14.3 Å². The van der Waals surface area contributed by atoms with Crippen LogP contribution in [-0.4, -0.2) is 35.1 Å². The lowest BCUT2D eigenvalue weighted by Gasteiger charge is -2.15. The van der Waals surface area contributed by atoms with E-state index in [1.54, 1.807) is 19.2 Å². The molecule has 1 aromatic carbocycles. The molecule has 9 heteroatoms. The van der Waals surface area contributed by atoms with Gasteiger partial charge in [-0.25, -0.2) is 4.98 Å². The number of carboxylic acid groups (broad SMARTS) is 1. The molecule has 0 bridgehead atoms.